The van der Waals surface area contributed by atoms with Gasteiger partial charge in [0.05, 0.1) is 17.4 Å². The molecule has 0 fully saturated rings. The number of carbonyl (C=O) groups is 4. The van der Waals surface area contributed by atoms with Crippen molar-refractivity contribution in [1.29, 1.82) is 0 Å². The van der Waals surface area contributed by atoms with E-state index in [1.165, 1.54) is 0 Å². The Morgan fingerprint density at radius 3 is 1.32 bits per heavy atom. The normalized spacial score (nSPS) is 10.2. The first-order valence-corrected chi connectivity index (χ1v) is 12.2. The van der Waals surface area contributed by atoms with E-state index in [1.807, 2.05) is 6.07 Å². The van der Waals surface area contributed by atoms with E-state index in [9.17, 15) is 19.2 Å². The average molecular weight is 521 g/mol. The molecule has 0 N–H and O–H groups in total. The topological polar surface area (TPSA) is 105 Å². The largest absolute Gasteiger partial charge is 0.423 e. The zero-order valence-electron chi connectivity index (χ0n) is 22.1. The highest BCUT2D eigenvalue weighted by Gasteiger charge is 2.16. The van der Waals surface area contributed by atoms with Gasteiger partial charge in [0.15, 0.2) is 23.0 Å². The predicted octanol–water partition coefficient (Wildman–Crippen LogP) is 6.03. The van der Waals surface area contributed by atoms with Gasteiger partial charge in [-0.05, 0) is 36.4 Å². The van der Waals surface area contributed by atoms with Gasteiger partial charge in [-0.2, -0.15) is 0 Å². The first kappa shape index (κ1) is 29.8. The average Bonchev–Trinajstić information content (AvgIpc) is 2.91. The van der Waals surface area contributed by atoms with Crippen molar-refractivity contribution < 1.29 is 38.1 Å². The standard InChI is InChI=1S/C17H16O4.C13H16O4/c1-12(2)16(18)20-14-10-6-7-11-15(14)21-17(19)13-8-4-3-5-9-13;1-4-12(14)16-10-7-5-6-8-11(10)17-13(15)9(2)3/h3-12H,1-2H3;5-9H,4H2,1-3H3. The van der Waals surface area contributed by atoms with Crippen LogP contribution in [0, 0.1) is 11.8 Å². The van der Waals surface area contributed by atoms with Crippen LogP contribution < -0.4 is 18.9 Å². The lowest BCUT2D eigenvalue weighted by atomic mass is 10.2. The summed E-state index contributed by atoms with van der Waals surface area (Å²) >= 11 is 0. The molecule has 0 aliphatic carbocycles. The summed E-state index contributed by atoms with van der Waals surface area (Å²) in [5, 5.41) is 0. The predicted molar refractivity (Wildman–Crippen MR) is 141 cm³/mol. The van der Waals surface area contributed by atoms with Gasteiger partial charge in [0.2, 0.25) is 0 Å². The minimum atomic E-state index is -0.497. The summed E-state index contributed by atoms with van der Waals surface area (Å²) in [4.78, 5) is 46.3. The van der Waals surface area contributed by atoms with Crippen LogP contribution in [0.3, 0.4) is 0 Å². The fraction of sp³-hybridized carbons (Fsp3) is 0.267. The minimum absolute atomic E-state index is 0.223. The third-order valence-electron chi connectivity index (χ3n) is 4.79. The van der Waals surface area contributed by atoms with E-state index in [-0.39, 0.29) is 59.2 Å². The molecule has 0 heterocycles. The molecule has 0 saturated heterocycles. The highest BCUT2D eigenvalue weighted by Crippen LogP contribution is 2.28. The molecule has 0 radical (unpaired) electrons. The van der Waals surface area contributed by atoms with Gasteiger partial charge in [-0.15, -0.1) is 0 Å². The minimum Gasteiger partial charge on any atom is -0.423 e. The van der Waals surface area contributed by atoms with E-state index < -0.39 is 5.97 Å². The maximum Gasteiger partial charge on any atom is 0.343 e. The summed E-state index contributed by atoms with van der Waals surface area (Å²) in [6.45, 7) is 8.65. The molecule has 0 saturated carbocycles. The van der Waals surface area contributed by atoms with Crippen molar-refractivity contribution in [2.24, 2.45) is 11.8 Å². The van der Waals surface area contributed by atoms with Crippen molar-refractivity contribution >= 4 is 23.9 Å². The van der Waals surface area contributed by atoms with Crippen molar-refractivity contribution in [2.45, 2.75) is 41.0 Å². The molecule has 0 bridgehead atoms. The molecular weight excluding hydrogens is 488 g/mol. The number of benzene rings is 3. The summed E-state index contributed by atoms with van der Waals surface area (Å²) in [7, 11) is 0. The maximum absolute atomic E-state index is 12.0. The van der Waals surface area contributed by atoms with Gasteiger partial charge in [0.1, 0.15) is 0 Å². The third kappa shape index (κ3) is 9.54. The molecule has 0 aliphatic heterocycles. The van der Waals surface area contributed by atoms with Crippen LogP contribution in [0.1, 0.15) is 51.4 Å². The van der Waals surface area contributed by atoms with Gasteiger partial charge in [-0.25, -0.2) is 4.79 Å². The molecule has 3 aromatic rings. The molecular formula is C30H32O8. The fourth-order valence-corrected chi connectivity index (χ4v) is 2.62. The number of para-hydroxylation sites is 4. The molecule has 3 aromatic carbocycles. The second-order valence-corrected chi connectivity index (χ2v) is 8.63. The molecule has 38 heavy (non-hydrogen) atoms. The second kappa shape index (κ2) is 14.9. The molecule has 8 nitrogen and oxygen atoms in total. The Hall–Kier alpha value is -4.46. The van der Waals surface area contributed by atoms with E-state index in [2.05, 4.69) is 0 Å². The number of ether oxygens (including phenoxy) is 4. The van der Waals surface area contributed by atoms with Crippen LogP contribution in [0.4, 0.5) is 0 Å². The summed E-state index contributed by atoms with van der Waals surface area (Å²) in [5.74, 6) is -1.08. The van der Waals surface area contributed by atoms with Crippen LogP contribution in [-0.4, -0.2) is 23.9 Å². The van der Waals surface area contributed by atoms with Crippen LogP contribution in [0.2, 0.25) is 0 Å². The molecule has 0 atom stereocenters. The highest BCUT2D eigenvalue weighted by atomic mass is 16.6. The van der Waals surface area contributed by atoms with Crippen molar-refractivity contribution in [3.8, 4) is 23.0 Å². The molecule has 0 aromatic heterocycles. The Morgan fingerprint density at radius 1 is 0.553 bits per heavy atom. The summed E-state index contributed by atoms with van der Waals surface area (Å²) in [6, 6.07) is 21.8. The van der Waals surface area contributed by atoms with E-state index in [4.69, 9.17) is 18.9 Å². The van der Waals surface area contributed by atoms with E-state index in [0.29, 0.717) is 5.56 Å². The molecule has 8 heteroatoms. The summed E-state index contributed by atoms with van der Waals surface area (Å²) < 4.78 is 20.7. The number of esters is 4. The Bertz CT molecular complexity index is 1230. The number of hydrogen-bond acceptors (Lipinski definition) is 8. The molecule has 0 unspecified atom stereocenters. The Balaban J connectivity index is 0.000000273. The molecule has 3 rings (SSSR count). The lowest BCUT2D eigenvalue weighted by molar-refractivity contribution is -0.139. The first-order valence-electron chi connectivity index (χ1n) is 12.2. The Morgan fingerprint density at radius 2 is 0.921 bits per heavy atom. The smallest absolute Gasteiger partial charge is 0.343 e. The summed E-state index contributed by atoms with van der Waals surface area (Å²) in [6.07, 6.45) is 0.270. The zero-order valence-corrected chi connectivity index (χ0v) is 22.1. The summed E-state index contributed by atoms with van der Waals surface area (Å²) in [5.41, 5.74) is 0.433. The van der Waals surface area contributed by atoms with Crippen LogP contribution in [0.15, 0.2) is 78.9 Å². The van der Waals surface area contributed by atoms with E-state index >= 15 is 0 Å². The molecule has 200 valence electrons. The quantitative estimate of drug-likeness (QED) is 0.262. The first-order chi connectivity index (χ1) is 18.1. The Labute approximate surface area is 222 Å². The lowest BCUT2D eigenvalue weighted by Gasteiger charge is -2.11. The van der Waals surface area contributed by atoms with Crippen LogP contribution in [0.25, 0.3) is 0 Å². The van der Waals surface area contributed by atoms with E-state index in [1.54, 1.807) is 107 Å². The van der Waals surface area contributed by atoms with Gasteiger partial charge in [-0.3, -0.25) is 14.4 Å². The van der Waals surface area contributed by atoms with Crippen molar-refractivity contribution in [2.75, 3.05) is 0 Å². The van der Waals surface area contributed by atoms with Gasteiger partial charge < -0.3 is 18.9 Å². The third-order valence-corrected chi connectivity index (χ3v) is 4.79. The van der Waals surface area contributed by atoms with Gasteiger partial charge in [0, 0.05) is 6.42 Å². The molecule has 0 spiro atoms. The van der Waals surface area contributed by atoms with Crippen LogP contribution in [0.5, 0.6) is 23.0 Å². The van der Waals surface area contributed by atoms with Crippen LogP contribution >= 0.6 is 0 Å². The van der Waals surface area contributed by atoms with Crippen molar-refractivity contribution in [3.05, 3.63) is 84.4 Å². The zero-order chi connectivity index (χ0) is 28.1. The van der Waals surface area contributed by atoms with Crippen molar-refractivity contribution in [3.63, 3.8) is 0 Å². The monoisotopic (exact) mass is 520 g/mol. The SMILES string of the molecule is CC(C)C(=O)Oc1ccccc1OC(=O)c1ccccc1.CCC(=O)Oc1ccccc1OC(=O)C(C)C. The number of hydrogen-bond donors (Lipinski definition) is 0. The molecule has 0 aliphatic rings. The van der Waals surface area contributed by atoms with E-state index in [0.717, 1.165) is 0 Å². The number of rotatable bonds is 8. The number of carbonyl (C=O) groups excluding carboxylic acids is 4. The van der Waals surface area contributed by atoms with Gasteiger partial charge in [-0.1, -0.05) is 77.1 Å². The maximum atomic E-state index is 12.0. The fourth-order valence-electron chi connectivity index (χ4n) is 2.62. The van der Waals surface area contributed by atoms with Gasteiger partial charge in [0.25, 0.3) is 0 Å². The highest BCUT2D eigenvalue weighted by molar-refractivity contribution is 5.91. The van der Waals surface area contributed by atoms with Gasteiger partial charge >= 0.3 is 23.9 Å². The van der Waals surface area contributed by atoms with Crippen LogP contribution in [-0.2, 0) is 14.4 Å². The van der Waals surface area contributed by atoms with Crippen molar-refractivity contribution in [1.82, 2.24) is 0 Å². The molecule has 0 amide bonds. The second-order valence-electron chi connectivity index (χ2n) is 8.63. The Kier molecular flexibility index (Phi) is 11.7. The lowest BCUT2D eigenvalue weighted by Crippen LogP contribution is -2.16.